The first kappa shape index (κ1) is 17.1. The van der Waals surface area contributed by atoms with Crippen molar-refractivity contribution >= 4 is 23.5 Å². The first-order chi connectivity index (χ1) is 11.4. The van der Waals surface area contributed by atoms with Crippen LogP contribution in [0.2, 0.25) is 0 Å². The summed E-state index contributed by atoms with van der Waals surface area (Å²) in [5.74, 6) is -4.27. The summed E-state index contributed by atoms with van der Waals surface area (Å²) < 4.78 is 9.84. The Morgan fingerprint density at radius 3 is 1.92 bits per heavy atom. The van der Waals surface area contributed by atoms with Crippen LogP contribution in [0.4, 0.5) is 0 Å². The number of rotatable bonds is 4. The largest absolute Gasteiger partial charge is 0.418 e. The quantitative estimate of drug-likeness (QED) is 0.778. The van der Waals surface area contributed by atoms with Crippen molar-refractivity contribution in [3.05, 3.63) is 46.4 Å². The average Bonchev–Trinajstić information content (AvgIpc) is 2.61. The van der Waals surface area contributed by atoms with Crippen LogP contribution in [0, 0.1) is 11.3 Å². The third-order valence-electron chi connectivity index (χ3n) is 3.27. The molecule has 0 amide bonds. The molecule has 1 aromatic rings. The summed E-state index contributed by atoms with van der Waals surface area (Å²) in [4.78, 5) is 48.2. The molecule has 0 bridgehead atoms. The third-order valence-corrected chi connectivity index (χ3v) is 3.27. The SMILES string of the molecule is CCC(=O)OC1=C(OC(=O)CC)C(=O)c2cc(C#N)ccc2C1=O. The van der Waals surface area contributed by atoms with E-state index in [1.807, 2.05) is 6.07 Å². The van der Waals surface area contributed by atoms with Gasteiger partial charge < -0.3 is 9.47 Å². The highest BCUT2D eigenvalue weighted by Gasteiger charge is 2.37. The fourth-order valence-corrected chi connectivity index (χ4v) is 2.01. The summed E-state index contributed by atoms with van der Waals surface area (Å²) in [5.41, 5.74) is 0.0773. The van der Waals surface area contributed by atoms with Crippen molar-refractivity contribution in [2.75, 3.05) is 0 Å². The van der Waals surface area contributed by atoms with E-state index in [-0.39, 0.29) is 29.5 Å². The molecular weight excluding hydrogens is 314 g/mol. The molecule has 0 radical (unpaired) electrons. The number of ether oxygens (including phenoxy) is 2. The fraction of sp³-hybridized carbons (Fsp3) is 0.235. The molecule has 7 nitrogen and oxygen atoms in total. The number of benzene rings is 1. The number of nitrogens with zero attached hydrogens (tertiary/aromatic N) is 1. The molecule has 1 aromatic carbocycles. The van der Waals surface area contributed by atoms with E-state index < -0.39 is 35.0 Å². The van der Waals surface area contributed by atoms with E-state index in [9.17, 15) is 19.2 Å². The van der Waals surface area contributed by atoms with E-state index in [0.717, 1.165) is 0 Å². The van der Waals surface area contributed by atoms with Crippen LogP contribution in [0.1, 0.15) is 53.0 Å². The van der Waals surface area contributed by atoms with Gasteiger partial charge in [0.1, 0.15) is 0 Å². The molecular formula is C17H13NO6. The second-order valence-electron chi connectivity index (χ2n) is 4.84. The smallest absolute Gasteiger partial charge is 0.311 e. The Morgan fingerprint density at radius 1 is 0.958 bits per heavy atom. The lowest BCUT2D eigenvalue weighted by Gasteiger charge is -2.19. The molecule has 0 aromatic heterocycles. The van der Waals surface area contributed by atoms with Gasteiger partial charge in [-0.25, -0.2) is 0 Å². The number of carbonyl (C=O) groups is 4. The zero-order valence-corrected chi connectivity index (χ0v) is 13.0. The van der Waals surface area contributed by atoms with Gasteiger partial charge in [-0.1, -0.05) is 13.8 Å². The molecule has 0 saturated carbocycles. The molecule has 0 atom stereocenters. The van der Waals surface area contributed by atoms with Gasteiger partial charge in [0.15, 0.2) is 0 Å². The number of carbonyl (C=O) groups excluding carboxylic acids is 4. The van der Waals surface area contributed by atoms with Crippen LogP contribution < -0.4 is 0 Å². The highest BCUT2D eigenvalue weighted by molar-refractivity contribution is 6.26. The Balaban J connectivity index is 2.60. The number of fused-ring (bicyclic) bond motifs is 1. The summed E-state index contributed by atoms with van der Waals surface area (Å²) in [6.45, 7) is 3.03. The maximum Gasteiger partial charge on any atom is 0.311 e. The number of Topliss-reactive ketones (excluding diaryl/α,β-unsaturated/α-hetero) is 2. The zero-order chi connectivity index (χ0) is 17.9. The summed E-state index contributed by atoms with van der Waals surface area (Å²) in [7, 11) is 0. The number of esters is 2. The van der Waals surface area contributed by atoms with Gasteiger partial charge >= 0.3 is 11.9 Å². The molecule has 7 heteroatoms. The van der Waals surface area contributed by atoms with Crippen LogP contribution in [0.5, 0.6) is 0 Å². The van der Waals surface area contributed by atoms with Gasteiger partial charge in [0.2, 0.25) is 23.1 Å². The number of hydrogen-bond donors (Lipinski definition) is 0. The van der Waals surface area contributed by atoms with E-state index in [0.29, 0.717) is 0 Å². The van der Waals surface area contributed by atoms with Crippen LogP contribution in [0.15, 0.2) is 29.7 Å². The summed E-state index contributed by atoms with van der Waals surface area (Å²) >= 11 is 0. The van der Waals surface area contributed by atoms with Crippen molar-refractivity contribution in [2.45, 2.75) is 26.7 Å². The monoisotopic (exact) mass is 327 g/mol. The van der Waals surface area contributed by atoms with E-state index >= 15 is 0 Å². The Hall–Kier alpha value is -3.27. The second-order valence-corrected chi connectivity index (χ2v) is 4.84. The van der Waals surface area contributed by atoms with Crippen LogP contribution in [-0.2, 0) is 19.1 Å². The molecule has 0 saturated heterocycles. The van der Waals surface area contributed by atoms with Crippen LogP contribution >= 0.6 is 0 Å². The molecule has 1 aliphatic rings. The molecule has 24 heavy (non-hydrogen) atoms. The van der Waals surface area contributed by atoms with E-state index in [4.69, 9.17) is 14.7 Å². The number of hydrogen-bond acceptors (Lipinski definition) is 7. The first-order valence-electron chi connectivity index (χ1n) is 7.22. The normalized spacial score (nSPS) is 13.2. The van der Waals surface area contributed by atoms with Crippen molar-refractivity contribution in [1.29, 1.82) is 5.26 Å². The van der Waals surface area contributed by atoms with Crippen molar-refractivity contribution < 1.29 is 28.7 Å². The molecule has 1 aliphatic carbocycles. The molecule has 0 N–H and O–H groups in total. The third kappa shape index (κ3) is 3.08. The van der Waals surface area contributed by atoms with Gasteiger partial charge in [0.05, 0.1) is 11.6 Å². The lowest BCUT2D eigenvalue weighted by atomic mass is 9.91. The summed E-state index contributed by atoms with van der Waals surface area (Å²) in [6, 6.07) is 5.75. The summed E-state index contributed by atoms with van der Waals surface area (Å²) in [6.07, 6.45) is -0.0642. The van der Waals surface area contributed by atoms with Gasteiger partial charge in [-0.15, -0.1) is 0 Å². The topological polar surface area (TPSA) is 111 Å². The number of nitriles is 1. The highest BCUT2D eigenvalue weighted by atomic mass is 16.6. The van der Waals surface area contributed by atoms with Gasteiger partial charge in [-0.05, 0) is 18.2 Å². The molecule has 0 unspecified atom stereocenters. The second kappa shape index (κ2) is 6.87. The van der Waals surface area contributed by atoms with Crippen LogP contribution in [0.3, 0.4) is 0 Å². The molecule has 0 aliphatic heterocycles. The Labute approximate surface area is 137 Å². The van der Waals surface area contributed by atoms with Gasteiger partial charge in [0, 0.05) is 24.0 Å². The number of ketones is 2. The van der Waals surface area contributed by atoms with Crippen molar-refractivity contribution in [3.8, 4) is 6.07 Å². The lowest BCUT2D eigenvalue weighted by molar-refractivity contribution is -0.142. The Morgan fingerprint density at radius 2 is 1.46 bits per heavy atom. The van der Waals surface area contributed by atoms with E-state index in [1.165, 1.54) is 32.0 Å². The standard InChI is InChI=1S/C17H13NO6/c1-3-12(19)23-16-14(21)10-6-5-9(8-18)7-11(10)15(22)17(16)24-13(20)4-2/h5-7H,3-4H2,1-2H3. The highest BCUT2D eigenvalue weighted by Crippen LogP contribution is 2.29. The fourth-order valence-electron chi connectivity index (χ4n) is 2.01. The minimum Gasteiger partial charge on any atom is -0.418 e. The van der Waals surface area contributed by atoms with Crippen molar-refractivity contribution in [3.63, 3.8) is 0 Å². The molecule has 0 fully saturated rings. The van der Waals surface area contributed by atoms with Crippen LogP contribution in [0.25, 0.3) is 0 Å². The lowest BCUT2D eigenvalue weighted by Crippen LogP contribution is -2.27. The minimum atomic E-state index is -0.789. The van der Waals surface area contributed by atoms with Crippen LogP contribution in [-0.4, -0.2) is 23.5 Å². The van der Waals surface area contributed by atoms with E-state index in [1.54, 1.807) is 0 Å². The maximum absolute atomic E-state index is 12.6. The maximum atomic E-state index is 12.6. The molecule has 0 heterocycles. The van der Waals surface area contributed by atoms with Gasteiger partial charge in [0.25, 0.3) is 0 Å². The summed E-state index contributed by atoms with van der Waals surface area (Å²) in [5, 5.41) is 8.93. The predicted octanol–water partition coefficient (Wildman–Crippen LogP) is 2.06. The van der Waals surface area contributed by atoms with Crippen molar-refractivity contribution in [2.24, 2.45) is 0 Å². The minimum absolute atomic E-state index is 0.0193. The zero-order valence-electron chi connectivity index (χ0n) is 13.0. The Kier molecular flexibility index (Phi) is 4.90. The number of allylic oxidation sites excluding steroid dienone is 2. The van der Waals surface area contributed by atoms with Crippen molar-refractivity contribution in [1.82, 2.24) is 0 Å². The molecule has 122 valence electrons. The predicted molar refractivity (Wildman–Crippen MR) is 79.6 cm³/mol. The first-order valence-corrected chi connectivity index (χ1v) is 7.22. The van der Waals surface area contributed by atoms with Gasteiger partial charge in [-0.2, -0.15) is 5.26 Å². The Bertz CT molecular complexity index is 828. The average molecular weight is 327 g/mol. The molecule has 2 rings (SSSR count). The van der Waals surface area contributed by atoms with Gasteiger partial charge in [-0.3, -0.25) is 19.2 Å². The molecule has 0 spiro atoms. The van der Waals surface area contributed by atoms with E-state index in [2.05, 4.69) is 0 Å².